The van der Waals surface area contributed by atoms with Crippen LogP contribution in [0.2, 0.25) is 0 Å². The molecule has 0 bridgehead atoms. The van der Waals surface area contributed by atoms with Gasteiger partial charge in [-0.3, -0.25) is 4.90 Å². The second kappa shape index (κ2) is 5.85. The highest BCUT2D eigenvalue weighted by molar-refractivity contribution is 7.15. The summed E-state index contributed by atoms with van der Waals surface area (Å²) in [4.78, 5) is 19.9. The van der Waals surface area contributed by atoms with Gasteiger partial charge in [0.1, 0.15) is 6.61 Å². The van der Waals surface area contributed by atoms with E-state index in [2.05, 4.69) is 18.8 Å². The Morgan fingerprint density at radius 1 is 1.43 bits per heavy atom. The van der Waals surface area contributed by atoms with Gasteiger partial charge in [-0.05, 0) is 18.4 Å². The van der Waals surface area contributed by atoms with Crippen molar-refractivity contribution in [3.05, 3.63) is 46.5 Å². The summed E-state index contributed by atoms with van der Waals surface area (Å²) in [5, 5.41) is 0.555. The molecule has 122 valence electrons. The lowest BCUT2D eigenvalue weighted by Gasteiger charge is -2.37. The normalized spacial score (nSPS) is 19.9. The number of nitrogens with two attached hydrogens (primary N) is 1. The van der Waals surface area contributed by atoms with Crippen molar-refractivity contribution in [3.8, 4) is 0 Å². The molecule has 3 rings (SSSR count). The molecule has 1 amide bonds. The minimum absolute atomic E-state index is 0.203. The summed E-state index contributed by atoms with van der Waals surface area (Å²) in [6.45, 7) is 6.98. The van der Waals surface area contributed by atoms with Gasteiger partial charge in [0, 0.05) is 0 Å². The van der Waals surface area contributed by atoms with Crippen molar-refractivity contribution in [2.24, 2.45) is 5.92 Å². The number of carbonyl (C=O) groups excluding carboxylic acids is 1. The number of nitrogen functional groups attached to an aromatic ring is 1. The second-order valence-electron chi connectivity index (χ2n) is 6.25. The Balaban J connectivity index is 1.79. The van der Waals surface area contributed by atoms with E-state index in [0.717, 1.165) is 16.1 Å². The number of amides is 1. The summed E-state index contributed by atoms with van der Waals surface area (Å²) in [6, 6.07) is 9.69. The summed E-state index contributed by atoms with van der Waals surface area (Å²) in [5.74, 6) is 0.203. The van der Waals surface area contributed by atoms with Crippen LogP contribution in [0.25, 0.3) is 0 Å². The number of anilines is 1. The van der Waals surface area contributed by atoms with Gasteiger partial charge >= 0.3 is 6.09 Å². The average molecular weight is 331 g/mol. The molecule has 1 atom stereocenters. The Hall–Kier alpha value is -2.08. The molecule has 2 aromatic rings. The lowest BCUT2D eigenvalue weighted by molar-refractivity contribution is 0.0353. The van der Waals surface area contributed by atoms with Crippen molar-refractivity contribution in [2.45, 2.75) is 39.5 Å². The standard InChI is InChI=1S/C17H21N3O2S/c1-11(2)17(3)14-13(23-15(18)19-14)9-20(17)16(21)22-10-12-7-5-4-6-8-12/h4-8,11H,9-10H2,1-3H3,(H2,18,19)/t17-/m0/s1. The summed E-state index contributed by atoms with van der Waals surface area (Å²) in [6.07, 6.45) is -0.311. The van der Waals surface area contributed by atoms with Crippen LogP contribution >= 0.6 is 11.3 Å². The molecule has 0 aliphatic carbocycles. The molecule has 5 nitrogen and oxygen atoms in total. The third kappa shape index (κ3) is 2.67. The quantitative estimate of drug-likeness (QED) is 0.930. The zero-order valence-corrected chi connectivity index (χ0v) is 14.4. The van der Waals surface area contributed by atoms with Gasteiger partial charge in [0.25, 0.3) is 0 Å². The van der Waals surface area contributed by atoms with Crippen molar-refractivity contribution in [1.29, 1.82) is 0 Å². The fraction of sp³-hybridized carbons (Fsp3) is 0.412. The molecule has 0 spiro atoms. The van der Waals surface area contributed by atoms with Crippen LogP contribution in [0.1, 0.15) is 36.9 Å². The Morgan fingerprint density at radius 2 is 2.13 bits per heavy atom. The number of ether oxygens (including phenoxy) is 1. The third-order valence-corrected chi connectivity index (χ3v) is 5.47. The molecule has 0 radical (unpaired) electrons. The highest BCUT2D eigenvalue weighted by atomic mass is 32.1. The van der Waals surface area contributed by atoms with Gasteiger partial charge in [-0.2, -0.15) is 0 Å². The lowest BCUT2D eigenvalue weighted by atomic mass is 9.86. The van der Waals surface area contributed by atoms with E-state index in [4.69, 9.17) is 10.5 Å². The molecule has 2 N–H and O–H groups in total. The van der Waals surface area contributed by atoms with Gasteiger partial charge in [0.15, 0.2) is 5.13 Å². The molecule has 0 unspecified atom stereocenters. The molecule has 0 fully saturated rings. The molecular weight excluding hydrogens is 310 g/mol. The van der Waals surface area contributed by atoms with E-state index in [0.29, 0.717) is 11.7 Å². The second-order valence-corrected chi connectivity index (χ2v) is 7.37. The molecule has 0 saturated heterocycles. The number of rotatable bonds is 3. The summed E-state index contributed by atoms with van der Waals surface area (Å²) in [5.41, 5.74) is 7.23. The van der Waals surface area contributed by atoms with Gasteiger partial charge < -0.3 is 10.5 Å². The number of aromatic nitrogens is 1. The maximum Gasteiger partial charge on any atom is 0.411 e. The number of carbonyl (C=O) groups is 1. The molecule has 6 heteroatoms. The van der Waals surface area contributed by atoms with Gasteiger partial charge in [0.05, 0.1) is 22.7 Å². The molecular formula is C17H21N3O2S. The predicted octanol–water partition coefficient (Wildman–Crippen LogP) is 3.75. The molecule has 0 saturated carbocycles. The van der Waals surface area contributed by atoms with E-state index in [1.54, 1.807) is 4.90 Å². The van der Waals surface area contributed by atoms with Crippen molar-refractivity contribution >= 4 is 22.6 Å². The summed E-state index contributed by atoms with van der Waals surface area (Å²) < 4.78 is 5.52. The number of benzene rings is 1. The third-order valence-electron chi connectivity index (χ3n) is 4.61. The largest absolute Gasteiger partial charge is 0.445 e. The first-order valence-electron chi connectivity index (χ1n) is 7.67. The van der Waals surface area contributed by atoms with Crippen LogP contribution < -0.4 is 5.73 Å². The van der Waals surface area contributed by atoms with Crippen LogP contribution in [0.15, 0.2) is 30.3 Å². The van der Waals surface area contributed by atoms with E-state index in [-0.39, 0.29) is 18.6 Å². The number of nitrogens with zero attached hydrogens (tertiary/aromatic N) is 2. The molecule has 2 heterocycles. The Kier molecular flexibility index (Phi) is 4.02. The van der Waals surface area contributed by atoms with Crippen LogP contribution in [0, 0.1) is 5.92 Å². The van der Waals surface area contributed by atoms with E-state index < -0.39 is 5.54 Å². The molecule has 1 aliphatic heterocycles. The van der Waals surface area contributed by atoms with Crippen molar-refractivity contribution in [1.82, 2.24) is 9.88 Å². The van der Waals surface area contributed by atoms with Crippen molar-refractivity contribution < 1.29 is 9.53 Å². The molecule has 23 heavy (non-hydrogen) atoms. The van der Waals surface area contributed by atoms with Gasteiger partial charge in [-0.15, -0.1) is 11.3 Å². The summed E-state index contributed by atoms with van der Waals surface area (Å²) in [7, 11) is 0. The molecule has 1 aliphatic rings. The fourth-order valence-electron chi connectivity index (χ4n) is 2.94. The highest BCUT2D eigenvalue weighted by Crippen LogP contribution is 2.46. The van der Waals surface area contributed by atoms with Crippen LogP contribution in [0.5, 0.6) is 0 Å². The first-order chi connectivity index (χ1) is 10.9. The minimum Gasteiger partial charge on any atom is -0.445 e. The van der Waals surface area contributed by atoms with Crippen LogP contribution in [-0.4, -0.2) is 16.0 Å². The van der Waals surface area contributed by atoms with E-state index in [1.165, 1.54) is 11.3 Å². The van der Waals surface area contributed by atoms with E-state index in [1.807, 2.05) is 37.3 Å². The fourth-order valence-corrected chi connectivity index (χ4v) is 3.88. The smallest absolute Gasteiger partial charge is 0.411 e. The Bertz CT molecular complexity index is 714. The van der Waals surface area contributed by atoms with Crippen LogP contribution in [-0.2, 0) is 23.4 Å². The first-order valence-corrected chi connectivity index (χ1v) is 8.48. The van der Waals surface area contributed by atoms with Gasteiger partial charge in [-0.25, -0.2) is 9.78 Å². The summed E-state index contributed by atoms with van der Waals surface area (Å²) >= 11 is 1.45. The number of thiazole rings is 1. The van der Waals surface area contributed by atoms with E-state index in [9.17, 15) is 4.79 Å². The monoisotopic (exact) mass is 331 g/mol. The number of hydrogen-bond donors (Lipinski definition) is 1. The van der Waals surface area contributed by atoms with Gasteiger partial charge in [0.2, 0.25) is 0 Å². The van der Waals surface area contributed by atoms with Gasteiger partial charge in [-0.1, -0.05) is 44.2 Å². The SMILES string of the molecule is CC(C)[C@@]1(C)c2nc(N)sc2CN1C(=O)OCc1ccccc1. The average Bonchev–Trinajstić information content (AvgIpc) is 3.03. The molecule has 1 aromatic carbocycles. The van der Waals surface area contributed by atoms with Crippen LogP contribution in [0.4, 0.5) is 9.93 Å². The first kappa shape index (κ1) is 15.8. The number of hydrogen-bond acceptors (Lipinski definition) is 5. The van der Waals surface area contributed by atoms with E-state index >= 15 is 0 Å². The Morgan fingerprint density at radius 3 is 2.78 bits per heavy atom. The number of fused-ring (bicyclic) bond motifs is 1. The van der Waals surface area contributed by atoms with Crippen molar-refractivity contribution in [3.63, 3.8) is 0 Å². The minimum atomic E-state index is -0.489. The zero-order chi connectivity index (χ0) is 16.6. The maximum atomic E-state index is 12.6. The zero-order valence-electron chi connectivity index (χ0n) is 13.6. The molecule has 1 aromatic heterocycles. The highest BCUT2D eigenvalue weighted by Gasteiger charge is 2.49. The predicted molar refractivity (Wildman–Crippen MR) is 90.9 cm³/mol. The lowest BCUT2D eigenvalue weighted by Crippen LogP contribution is -2.46. The van der Waals surface area contributed by atoms with Crippen molar-refractivity contribution in [2.75, 3.05) is 5.73 Å². The van der Waals surface area contributed by atoms with Crippen LogP contribution in [0.3, 0.4) is 0 Å². The topological polar surface area (TPSA) is 68.5 Å². The Labute approximate surface area is 140 Å². The maximum absolute atomic E-state index is 12.6.